The fourth-order valence-electron chi connectivity index (χ4n) is 3.13. The van der Waals surface area contributed by atoms with Crippen LogP contribution < -0.4 is 5.32 Å². The first-order chi connectivity index (χ1) is 12.2. The van der Waals surface area contributed by atoms with Crippen molar-refractivity contribution in [1.29, 1.82) is 0 Å². The predicted octanol–water partition coefficient (Wildman–Crippen LogP) is 3.46. The molecule has 1 saturated heterocycles. The van der Waals surface area contributed by atoms with Crippen molar-refractivity contribution in [2.75, 3.05) is 19.6 Å². The summed E-state index contributed by atoms with van der Waals surface area (Å²) >= 11 is 1.65. The fraction of sp³-hybridized carbons (Fsp3) is 0.263. The first kappa shape index (κ1) is 18.6. The molecule has 0 spiro atoms. The third-order valence-electron chi connectivity index (χ3n) is 4.36. The molecule has 26 heavy (non-hydrogen) atoms. The normalized spacial score (nSPS) is 17.0. The fourth-order valence-corrected chi connectivity index (χ4v) is 3.86. The van der Waals surface area contributed by atoms with E-state index in [0.717, 1.165) is 29.3 Å². The van der Waals surface area contributed by atoms with Gasteiger partial charge >= 0.3 is 0 Å². The van der Waals surface area contributed by atoms with Gasteiger partial charge in [-0.1, -0.05) is 24.3 Å². The van der Waals surface area contributed by atoms with E-state index in [4.69, 9.17) is 0 Å². The number of hydrogen-bond donors (Lipinski definition) is 1. The van der Waals surface area contributed by atoms with E-state index in [-0.39, 0.29) is 18.3 Å². The highest BCUT2D eigenvalue weighted by Gasteiger charge is 2.25. The molecule has 1 amide bonds. The maximum atomic E-state index is 12.9. The smallest absolute Gasteiger partial charge is 0.274 e. The molecule has 1 aromatic carbocycles. The number of carbonyl (C=O) groups excluding carboxylic acids is 1. The van der Waals surface area contributed by atoms with Gasteiger partial charge in [0.2, 0.25) is 0 Å². The summed E-state index contributed by atoms with van der Waals surface area (Å²) in [4.78, 5) is 15.9. The third kappa shape index (κ3) is 3.67. The van der Waals surface area contributed by atoms with E-state index in [1.165, 1.54) is 0 Å². The van der Waals surface area contributed by atoms with Gasteiger partial charge in [0.05, 0.1) is 16.3 Å². The van der Waals surface area contributed by atoms with E-state index < -0.39 is 0 Å². The molecule has 2 aromatic heterocycles. The Morgan fingerprint density at radius 2 is 2.04 bits per heavy atom. The van der Waals surface area contributed by atoms with Gasteiger partial charge in [0.25, 0.3) is 5.91 Å². The van der Waals surface area contributed by atoms with E-state index in [0.29, 0.717) is 18.3 Å². The summed E-state index contributed by atoms with van der Waals surface area (Å²) in [5, 5.41) is 10.1. The minimum Gasteiger partial charge on any atom is -0.334 e. The average Bonchev–Trinajstić information content (AvgIpc) is 3.31. The summed E-state index contributed by atoms with van der Waals surface area (Å²) in [7, 11) is 0. The van der Waals surface area contributed by atoms with Crippen molar-refractivity contribution >= 4 is 29.7 Å². The summed E-state index contributed by atoms with van der Waals surface area (Å²) in [6.07, 6.45) is 0. The van der Waals surface area contributed by atoms with Crippen LogP contribution in [0.2, 0.25) is 0 Å². The number of hydrogen-bond acceptors (Lipinski definition) is 4. The maximum Gasteiger partial charge on any atom is 0.274 e. The van der Waals surface area contributed by atoms with E-state index in [2.05, 4.69) is 23.4 Å². The molecule has 1 unspecified atom stereocenters. The second-order valence-corrected chi connectivity index (χ2v) is 7.19. The number of aromatic nitrogens is 2. The summed E-state index contributed by atoms with van der Waals surface area (Å²) in [5.41, 5.74) is 2.41. The van der Waals surface area contributed by atoms with Crippen molar-refractivity contribution in [3.63, 3.8) is 0 Å². The molecule has 3 aromatic rings. The first-order valence-corrected chi connectivity index (χ1v) is 9.32. The molecule has 7 heteroatoms. The Hall–Kier alpha value is -2.15. The van der Waals surface area contributed by atoms with Crippen molar-refractivity contribution in [2.45, 2.75) is 13.0 Å². The molecule has 1 fully saturated rings. The quantitative estimate of drug-likeness (QED) is 0.747. The highest BCUT2D eigenvalue weighted by atomic mass is 35.5. The Bertz CT molecular complexity index is 863. The maximum absolute atomic E-state index is 12.9. The Kier molecular flexibility index (Phi) is 5.76. The van der Waals surface area contributed by atoms with Crippen molar-refractivity contribution < 1.29 is 4.79 Å². The number of rotatable bonds is 3. The zero-order chi connectivity index (χ0) is 17.2. The van der Waals surface area contributed by atoms with Crippen LogP contribution in [0.4, 0.5) is 0 Å². The molecular formula is C19H21ClN4OS. The van der Waals surface area contributed by atoms with Crippen LogP contribution in [0.3, 0.4) is 0 Å². The number of halogens is 1. The number of benzene rings is 1. The van der Waals surface area contributed by atoms with Gasteiger partial charge in [-0.15, -0.1) is 23.7 Å². The standard InChI is InChI=1S/C19H20N4OS.ClH/c1-14-13-22(10-9-20-14)19(24)16-12-17(18-8-5-11-25-18)23(21-16)15-6-3-2-4-7-15;/h2-8,11-12,14,20H,9-10,13H2,1H3;1H. The molecule has 1 N–H and O–H groups in total. The SMILES string of the molecule is CC1CN(C(=O)c2cc(-c3cccs3)n(-c3ccccc3)n2)CCN1.Cl. The van der Waals surface area contributed by atoms with Crippen molar-refractivity contribution in [3.05, 3.63) is 59.6 Å². The number of nitrogens with one attached hydrogen (secondary N) is 1. The molecule has 0 saturated carbocycles. The Morgan fingerprint density at radius 3 is 2.73 bits per heavy atom. The molecule has 4 rings (SSSR count). The van der Waals surface area contributed by atoms with Gasteiger partial charge in [-0.25, -0.2) is 4.68 Å². The lowest BCUT2D eigenvalue weighted by Gasteiger charge is -2.31. The van der Waals surface area contributed by atoms with Gasteiger partial charge in [-0.3, -0.25) is 4.79 Å². The number of carbonyl (C=O) groups is 1. The number of piperazine rings is 1. The topological polar surface area (TPSA) is 50.2 Å². The van der Waals surface area contributed by atoms with E-state index >= 15 is 0 Å². The summed E-state index contributed by atoms with van der Waals surface area (Å²) in [6.45, 7) is 4.35. The molecule has 5 nitrogen and oxygen atoms in total. The van der Waals surface area contributed by atoms with Crippen LogP contribution in [0, 0.1) is 0 Å². The highest BCUT2D eigenvalue weighted by Crippen LogP contribution is 2.28. The van der Waals surface area contributed by atoms with Crippen LogP contribution >= 0.6 is 23.7 Å². The lowest BCUT2D eigenvalue weighted by Crippen LogP contribution is -2.51. The van der Waals surface area contributed by atoms with E-state index in [9.17, 15) is 4.79 Å². The van der Waals surface area contributed by atoms with Gasteiger partial charge in [0, 0.05) is 25.7 Å². The van der Waals surface area contributed by atoms with Crippen LogP contribution in [-0.4, -0.2) is 46.3 Å². The average molecular weight is 389 g/mol. The van der Waals surface area contributed by atoms with Crippen LogP contribution in [-0.2, 0) is 0 Å². The van der Waals surface area contributed by atoms with Gasteiger partial charge < -0.3 is 10.2 Å². The molecular weight excluding hydrogens is 368 g/mol. The Balaban J connectivity index is 0.00000196. The van der Waals surface area contributed by atoms with Gasteiger partial charge in [0.15, 0.2) is 5.69 Å². The number of nitrogens with zero attached hydrogens (tertiary/aromatic N) is 3. The predicted molar refractivity (Wildman–Crippen MR) is 107 cm³/mol. The van der Waals surface area contributed by atoms with Crippen molar-refractivity contribution in [1.82, 2.24) is 20.0 Å². The van der Waals surface area contributed by atoms with E-state index in [1.807, 2.05) is 57.4 Å². The molecule has 136 valence electrons. The summed E-state index contributed by atoms with van der Waals surface area (Å²) in [5.74, 6) is 0.000775. The largest absolute Gasteiger partial charge is 0.334 e. The Morgan fingerprint density at radius 1 is 1.23 bits per heavy atom. The first-order valence-electron chi connectivity index (χ1n) is 8.44. The van der Waals surface area contributed by atoms with Crippen molar-refractivity contribution in [3.8, 4) is 16.3 Å². The van der Waals surface area contributed by atoms with Crippen LogP contribution in [0.1, 0.15) is 17.4 Å². The molecule has 1 aliphatic rings. The summed E-state index contributed by atoms with van der Waals surface area (Å²) < 4.78 is 1.87. The monoisotopic (exact) mass is 388 g/mol. The van der Waals surface area contributed by atoms with Gasteiger partial charge in [-0.05, 0) is 36.6 Å². The van der Waals surface area contributed by atoms with Gasteiger partial charge in [-0.2, -0.15) is 5.10 Å². The number of thiophene rings is 1. The van der Waals surface area contributed by atoms with Gasteiger partial charge in [0.1, 0.15) is 0 Å². The summed E-state index contributed by atoms with van der Waals surface area (Å²) in [6, 6.07) is 16.2. The molecule has 0 aliphatic carbocycles. The highest BCUT2D eigenvalue weighted by molar-refractivity contribution is 7.13. The second kappa shape index (κ2) is 8.03. The molecule has 0 radical (unpaired) electrons. The minimum atomic E-state index is 0. The molecule has 1 aliphatic heterocycles. The number of amides is 1. The van der Waals surface area contributed by atoms with Crippen molar-refractivity contribution in [2.24, 2.45) is 0 Å². The lowest BCUT2D eigenvalue weighted by molar-refractivity contribution is 0.0702. The zero-order valence-corrected chi connectivity index (χ0v) is 16.1. The second-order valence-electron chi connectivity index (χ2n) is 6.25. The Labute approximate surface area is 163 Å². The van der Waals surface area contributed by atoms with Crippen LogP contribution in [0.25, 0.3) is 16.3 Å². The number of para-hydroxylation sites is 1. The lowest BCUT2D eigenvalue weighted by atomic mass is 10.2. The molecule has 0 bridgehead atoms. The third-order valence-corrected chi connectivity index (χ3v) is 5.25. The van der Waals surface area contributed by atoms with Crippen LogP contribution in [0.15, 0.2) is 53.9 Å². The molecule has 3 heterocycles. The molecule has 1 atom stereocenters. The zero-order valence-electron chi connectivity index (χ0n) is 14.5. The minimum absolute atomic E-state index is 0. The van der Waals surface area contributed by atoms with Crippen LogP contribution in [0.5, 0.6) is 0 Å². The van der Waals surface area contributed by atoms with E-state index in [1.54, 1.807) is 11.3 Å².